The van der Waals surface area contributed by atoms with E-state index in [1.54, 1.807) is 12.1 Å². The van der Waals surface area contributed by atoms with Gasteiger partial charge >= 0.3 is 0 Å². The molecule has 2 N–H and O–H groups in total. The molecule has 112 valence electrons. The van der Waals surface area contributed by atoms with Gasteiger partial charge in [0.1, 0.15) is 0 Å². The predicted octanol–water partition coefficient (Wildman–Crippen LogP) is 3.89. The first-order valence-corrected chi connectivity index (χ1v) is 7.54. The van der Waals surface area contributed by atoms with E-state index in [-0.39, 0.29) is 11.6 Å². The summed E-state index contributed by atoms with van der Waals surface area (Å²) >= 11 is 0. The third-order valence-corrected chi connectivity index (χ3v) is 4.13. The highest BCUT2D eigenvalue weighted by molar-refractivity contribution is 5.26. The van der Waals surface area contributed by atoms with Gasteiger partial charge in [0.15, 0.2) is 0 Å². The number of halogens is 2. The summed E-state index contributed by atoms with van der Waals surface area (Å²) < 4.78 is 25.2. The Morgan fingerprint density at radius 1 is 0.900 bits per heavy atom. The molecule has 0 aromatic heterocycles. The zero-order chi connectivity index (χ0) is 14.4. The van der Waals surface area contributed by atoms with E-state index in [0.29, 0.717) is 6.54 Å². The lowest BCUT2D eigenvalue weighted by Crippen LogP contribution is -2.36. The van der Waals surface area contributed by atoms with Crippen LogP contribution in [0.15, 0.2) is 24.3 Å². The van der Waals surface area contributed by atoms with Crippen molar-refractivity contribution in [2.45, 2.75) is 44.6 Å². The summed E-state index contributed by atoms with van der Waals surface area (Å²) in [5.74, 6) is 0. The Bertz CT molecular complexity index is 384. The van der Waals surface area contributed by atoms with Gasteiger partial charge in [-0.1, -0.05) is 43.5 Å². The number of rotatable bonds is 4. The van der Waals surface area contributed by atoms with Crippen molar-refractivity contribution in [2.24, 2.45) is 5.73 Å². The van der Waals surface area contributed by atoms with Gasteiger partial charge in [0, 0.05) is 18.2 Å². The number of alkyl halides is 2. The fraction of sp³-hybridized carbons (Fsp3) is 0.625. The summed E-state index contributed by atoms with van der Waals surface area (Å²) in [6.45, 7) is 2.64. The van der Waals surface area contributed by atoms with Gasteiger partial charge in [0.05, 0.1) is 0 Å². The van der Waals surface area contributed by atoms with E-state index in [1.165, 1.54) is 44.2 Å². The smallest absolute Gasteiger partial charge is 0.263 e. The second-order valence-electron chi connectivity index (χ2n) is 5.52. The van der Waals surface area contributed by atoms with Crippen molar-refractivity contribution in [2.75, 3.05) is 19.6 Å². The molecule has 20 heavy (non-hydrogen) atoms. The molecule has 0 spiro atoms. The molecule has 0 saturated carbocycles. The first-order chi connectivity index (χ1) is 9.72. The van der Waals surface area contributed by atoms with E-state index in [9.17, 15) is 8.78 Å². The standard InChI is InChI=1S/C16H24F2N2/c17-16(18)14-8-6-13(7-9-14)15(12-19)20-10-4-2-1-3-5-11-20/h6-9,15-16H,1-5,10-12,19H2. The number of nitrogens with zero attached hydrogens (tertiary/aromatic N) is 1. The molecular formula is C16H24F2N2. The van der Waals surface area contributed by atoms with Gasteiger partial charge in [-0.15, -0.1) is 0 Å². The Morgan fingerprint density at radius 3 is 1.90 bits per heavy atom. The molecule has 1 aliphatic rings. The fourth-order valence-electron chi connectivity index (χ4n) is 2.94. The van der Waals surface area contributed by atoms with E-state index in [4.69, 9.17) is 5.73 Å². The zero-order valence-electron chi connectivity index (χ0n) is 11.9. The highest BCUT2D eigenvalue weighted by Gasteiger charge is 2.20. The van der Waals surface area contributed by atoms with E-state index >= 15 is 0 Å². The molecule has 1 aromatic rings. The van der Waals surface area contributed by atoms with Crippen LogP contribution in [-0.2, 0) is 0 Å². The Morgan fingerprint density at radius 2 is 1.40 bits per heavy atom. The van der Waals surface area contributed by atoms with Crippen LogP contribution in [0.2, 0.25) is 0 Å². The van der Waals surface area contributed by atoms with Crippen LogP contribution in [0.4, 0.5) is 8.78 Å². The van der Waals surface area contributed by atoms with Crippen LogP contribution in [0.25, 0.3) is 0 Å². The van der Waals surface area contributed by atoms with Crippen LogP contribution in [0.1, 0.15) is 55.7 Å². The second kappa shape index (κ2) is 7.70. The summed E-state index contributed by atoms with van der Waals surface area (Å²) in [6.07, 6.45) is 3.87. The first-order valence-electron chi connectivity index (χ1n) is 7.54. The second-order valence-corrected chi connectivity index (χ2v) is 5.52. The zero-order valence-corrected chi connectivity index (χ0v) is 11.9. The average Bonchev–Trinajstić information content (AvgIpc) is 2.42. The van der Waals surface area contributed by atoms with Gasteiger partial charge in [0.2, 0.25) is 0 Å². The molecule has 1 aromatic carbocycles. The molecule has 0 radical (unpaired) electrons. The highest BCUT2D eigenvalue weighted by atomic mass is 19.3. The van der Waals surface area contributed by atoms with Gasteiger partial charge < -0.3 is 5.73 Å². The van der Waals surface area contributed by atoms with E-state index < -0.39 is 6.43 Å². The molecule has 1 aliphatic heterocycles. The third kappa shape index (κ3) is 4.00. The van der Waals surface area contributed by atoms with E-state index in [0.717, 1.165) is 18.7 Å². The molecule has 1 fully saturated rings. The van der Waals surface area contributed by atoms with Crippen molar-refractivity contribution in [1.82, 2.24) is 4.90 Å². The molecular weight excluding hydrogens is 258 g/mol. The van der Waals surface area contributed by atoms with Crippen LogP contribution in [0.5, 0.6) is 0 Å². The number of nitrogens with two attached hydrogens (primary N) is 1. The lowest BCUT2D eigenvalue weighted by atomic mass is 10.0. The van der Waals surface area contributed by atoms with Crippen LogP contribution in [-0.4, -0.2) is 24.5 Å². The minimum Gasteiger partial charge on any atom is -0.329 e. The maximum Gasteiger partial charge on any atom is 0.263 e. The van der Waals surface area contributed by atoms with Crippen molar-refractivity contribution < 1.29 is 8.78 Å². The Kier molecular flexibility index (Phi) is 5.92. The molecule has 2 nitrogen and oxygen atoms in total. The summed E-state index contributed by atoms with van der Waals surface area (Å²) in [4.78, 5) is 2.41. The summed E-state index contributed by atoms with van der Waals surface area (Å²) in [5.41, 5.74) is 7.07. The number of hydrogen-bond acceptors (Lipinski definition) is 2. The van der Waals surface area contributed by atoms with Crippen molar-refractivity contribution >= 4 is 0 Å². The SMILES string of the molecule is NCC(c1ccc(C(F)F)cc1)N1CCCCCCC1. The van der Waals surface area contributed by atoms with Gasteiger partial charge in [-0.2, -0.15) is 0 Å². The topological polar surface area (TPSA) is 29.3 Å². The van der Waals surface area contributed by atoms with Crippen LogP contribution in [0, 0.1) is 0 Å². The highest BCUT2D eigenvalue weighted by Crippen LogP contribution is 2.25. The largest absolute Gasteiger partial charge is 0.329 e. The van der Waals surface area contributed by atoms with Gasteiger partial charge in [0.25, 0.3) is 6.43 Å². The minimum absolute atomic E-state index is 0.0807. The van der Waals surface area contributed by atoms with Crippen LogP contribution >= 0.6 is 0 Å². The van der Waals surface area contributed by atoms with E-state index in [2.05, 4.69) is 4.90 Å². The van der Waals surface area contributed by atoms with Crippen LogP contribution in [0.3, 0.4) is 0 Å². The maximum atomic E-state index is 12.6. The normalized spacial score (nSPS) is 19.6. The Balaban J connectivity index is 2.09. The molecule has 4 heteroatoms. The quantitative estimate of drug-likeness (QED) is 0.907. The molecule has 1 atom stereocenters. The molecule has 1 unspecified atom stereocenters. The molecule has 2 rings (SSSR count). The number of hydrogen-bond donors (Lipinski definition) is 1. The predicted molar refractivity (Wildman–Crippen MR) is 77.9 cm³/mol. The maximum absolute atomic E-state index is 12.6. The molecule has 0 aliphatic carbocycles. The number of likely N-dealkylation sites (tertiary alicyclic amines) is 1. The van der Waals surface area contributed by atoms with Crippen molar-refractivity contribution in [3.63, 3.8) is 0 Å². The number of benzene rings is 1. The van der Waals surface area contributed by atoms with Gasteiger partial charge in [-0.05, 0) is 31.5 Å². The summed E-state index contributed by atoms with van der Waals surface area (Å²) in [7, 11) is 0. The van der Waals surface area contributed by atoms with Crippen molar-refractivity contribution in [3.8, 4) is 0 Å². The van der Waals surface area contributed by atoms with E-state index in [1.807, 2.05) is 0 Å². The Labute approximate surface area is 120 Å². The average molecular weight is 282 g/mol. The molecule has 1 saturated heterocycles. The monoisotopic (exact) mass is 282 g/mol. The summed E-state index contributed by atoms with van der Waals surface area (Å²) in [5, 5.41) is 0. The Hall–Kier alpha value is -1.00. The summed E-state index contributed by atoms with van der Waals surface area (Å²) in [6, 6.07) is 6.80. The lowest BCUT2D eigenvalue weighted by Gasteiger charge is -2.32. The van der Waals surface area contributed by atoms with Crippen LogP contribution < -0.4 is 5.73 Å². The van der Waals surface area contributed by atoms with Gasteiger partial charge in [-0.3, -0.25) is 4.90 Å². The first kappa shape index (κ1) is 15.4. The lowest BCUT2D eigenvalue weighted by molar-refractivity contribution is 0.151. The molecule has 0 amide bonds. The van der Waals surface area contributed by atoms with Crippen molar-refractivity contribution in [1.29, 1.82) is 0 Å². The molecule has 0 bridgehead atoms. The molecule has 1 heterocycles. The minimum atomic E-state index is -2.40. The van der Waals surface area contributed by atoms with Gasteiger partial charge in [-0.25, -0.2) is 8.78 Å². The van der Waals surface area contributed by atoms with Crippen molar-refractivity contribution in [3.05, 3.63) is 35.4 Å². The fourth-order valence-corrected chi connectivity index (χ4v) is 2.94. The third-order valence-electron chi connectivity index (χ3n) is 4.13.